The van der Waals surface area contributed by atoms with Crippen LogP contribution in [0, 0.1) is 24.7 Å². The highest BCUT2D eigenvalue weighted by Gasteiger charge is 2.01. The minimum Gasteiger partial charge on any atom is -0.493 e. The van der Waals surface area contributed by atoms with E-state index in [1.165, 1.54) is 0 Å². The number of rotatable bonds is 4. The van der Waals surface area contributed by atoms with Crippen LogP contribution >= 0.6 is 11.6 Å². The predicted molar refractivity (Wildman–Crippen MR) is 73.7 cm³/mol. The Bertz CT molecular complexity index is 413. The molecule has 0 N–H and O–H groups in total. The summed E-state index contributed by atoms with van der Waals surface area (Å²) >= 11 is 5.52. The van der Waals surface area contributed by atoms with Crippen LogP contribution in [0.3, 0.4) is 0 Å². The van der Waals surface area contributed by atoms with Crippen molar-refractivity contribution < 1.29 is 4.74 Å². The molecule has 1 rings (SSSR count). The number of halogens is 1. The van der Waals surface area contributed by atoms with Crippen LogP contribution < -0.4 is 4.74 Å². The molecule has 1 nitrogen and oxygen atoms in total. The molecule has 1 aromatic rings. The van der Waals surface area contributed by atoms with Crippen molar-refractivity contribution in [3.05, 3.63) is 29.3 Å². The van der Waals surface area contributed by atoms with Crippen molar-refractivity contribution >= 4 is 11.6 Å². The van der Waals surface area contributed by atoms with Gasteiger partial charge in [-0.1, -0.05) is 25.7 Å². The van der Waals surface area contributed by atoms with E-state index in [-0.39, 0.29) is 0 Å². The lowest BCUT2D eigenvalue weighted by atomic mass is 10.1. The fourth-order valence-electron chi connectivity index (χ4n) is 1.43. The third kappa shape index (κ3) is 5.15. The van der Waals surface area contributed by atoms with E-state index in [0.717, 1.165) is 29.9 Å². The van der Waals surface area contributed by atoms with Crippen molar-refractivity contribution in [2.45, 2.75) is 27.2 Å². The second kappa shape index (κ2) is 7.25. The molecule has 17 heavy (non-hydrogen) atoms. The van der Waals surface area contributed by atoms with Gasteiger partial charge >= 0.3 is 0 Å². The molecule has 0 spiro atoms. The van der Waals surface area contributed by atoms with E-state index in [4.69, 9.17) is 16.3 Å². The SMILES string of the molecule is Cc1cc(C#CCCl)ccc1OCCC(C)C. The molecule has 0 aromatic heterocycles. The van der Waals surface area contributed by atoms with Crippen molar-refractivity contribution in [2.24, 2.45) is 5.92 Å². The lowest BCUT2D eigenvalue weighted by Crippen LogP contribution is -2.02. The third-order valence-corrected chi connectivity index (χ3v) is 2.56. The van der Waals surface area contributed by atoms with E-state index in [1.807, 2.05) is 25.1 Å². The van der Waals surface area contributed by atoms with Gasteiger partial charge in [-0.25, -0.2) is 0 Å². The molecule has 0 saturated carbocycles. The van der Waals surface area contributed by atoms with E-state index >= 15 is 0 Å². The molecule has 0 fully saturated rings. The maximum atomic E-state index is 5.73. The Balaban J connectivity index is 2.63. The first-order valence-corrected chi connectivity index (χ1v) is 6.45. The summed E-state index contributed by atoms with van der Waals surface area (Å²) in [6.07, 6.45) is 1.08. The first-order chi connectivity index (χ1) is 8.13. The van der Waals surface area contributed by atoms with Crippen LogP contribution in [0.1, 0.15) is 31.4 Å². The zero-order valence-corrected chi connectivity index (χ0v) is 11.5. The van der Waals surface area contributed by atoms with Gasteiger partial charge in [0.15, 0.2) is 0 Å². The highest BCUT2D eigenvalue weighted by atomic mass is 35.5. The maximum absolute atomic E-state index is 5.73. The Morgan fingerprint density at radius 2 is 2.12 bits per heavy atom. The number of aryl methyl sites for hydroxylation is 1. The smallest absolute Gasteiger partial charge is 0.122 e. The van der Waals surface area contributed by atoms with Gasteiger partial charge in [0.2, 0.25) is 0 Å². The van der Waals surface area contributed by atoms with Gasteiger partial charge in [0.25, 0.3) is 0 Å². The lowest BCUT2D eigenvalue weighted by Gasteiger charge is -2.10. The normalized spacial score (nSPS) is 9.94. The molecule has 0 aliphatic heterocycles. The van der Waals surface area contributed by atoms with Crippen molar-refractivity contribution in [3.8, 4) is 17.6 Å². The fraction of sp³-hybridized carbons (Fsp3) is 0.467. The van der Waals surface area contributed by atoms with Gasteiger partial charge in [0.05, 0.1) is 12.5 Å². The molecule has 0 bridgehead atoms. The molecule has 0 amide bonds. The Hall–Kier alpha value is -1.13. The average Bonchev–Trinajstić information content (AvgIpc) is 2.28. The standard InChI is InChI=1S/C15H19ClO/c1-12(2)8-10-17-15-7-6-14(5-4-9-16)11-13(15)3/h6-7,11-12H,8-10H2,1-3H3. The van der Waals surface area contributed by atoms with Crippen molar-refractivity contribution in [1.29, 1.82) is 0 Å². The predicted octanol–water partition coefficient (Wildman–Crippen LogP) is 4.01. The van der Waals surface area contributed by atoms with Crippen LogP contribution in [0.4, 0.5) is 0 Å². The van der Waals surface area contributed by atoms with Gasteiger partial charge in [0, 0.05) is 5.56 Å². The molecule has 0 radical (unpaired) electrons. The van der Waals surface area contributed by atoms with Crippen LogP contribution in [-0.4, -0.2) is 12.5 Å². The molecule has 2 heteroatoms. The van der Waals surface area contributed by atoms with E-state index in [9.17, 15) is 0 Å². The zero-order chi connectivity index (χ0) is 12.7. The van der Waals surface area contributed by atoms with E-state index < -0.39 is 0 Å². The number of benzene rings is 1. The molecular formula is C15H19ClO. The summed E-state index contributed by atoms with van der Waals surface area (Å²) in [5, 5.41) is 0. The average molecular weight is 251 g/mol. The molecule has 0 aliphatic rings. The maximum Gasteiger partial charge on any atom is 0.122 e. The summed E-state index contributed by atoms with van der Waals surface area (Å²) in [6, 6.07) is 5.98. The summed E-state index contributed by atoms with van der Waals surface area (Å²) in [5.41, 5.74) is 2.11. The highest BCUT2D eigenvalue weighted by Crippen LogP contribution is 2.19. The second-order valence-electron chi connectivity index (χ2n) is 4.45. The van der Waals surface area contributed by atoms with Gasteiger partial charge in [-0.2, -0.15) is 0 Å². The topological polar surface area (TPSA) is 9.23 Å². The molecule has 0 atom stereocenters. The van der Waals surface area contributed by atoms with Gasteiger partial charge in [-0.05, 0) is 43.0 Å². The first-order valence-electron chi connectivity index (χ1n) is 5.91. The molecule has 0 aliphatic carbocycles. The molecule has 0 unspecified atom stereocenters. The van der Waals surface area contributed by atoms with E-state index in [0.29, 0.717) is 11.8 Å². The van der Waals surface area contributed by atoms with Crippen molar-refractivity contribution in [2.75, 3.05) is 12.5 Å². The number of hydrogen-bond donors (Lipinski definition) is 0. The number of alkyl halides is 1. The monoisotopic (exact) mass is 250 g/mol. The van der Waals surface area contributed by atoms with Gasteiger partial charge in [-0.3, -0.25) is 0 Å². The number of ether oxygens (including phenoxy) is 1. The summed E-state index contributed by atoms with van der Waals surface area (Å²) < 4.78 is 5.73. The van der Waals surface area contributed by atoms with E-state index in [1.54, 1.807) is 0 Å². The molecule has 1 aromatic carbocycles. The largest absolute Gasteiger partial charge is 0.493 e. The fourth-order valence-corrected chi connectivity index (χ4v) is 1.50. The van der Waals surface area contributed by atoms with Crippen LogP contribution in [-0.2, 0) is 0 Å². The van der Waals surface area contributed by atoms with Crippen LogP contribution in [0.5, 0.6) is 5.75 Å². The summed E-state index contributed by atoms with van der Waals surface area (Å²) in [6.45, 7) is 7.20. The Morgan fingerprint density at radius 1 is 1.35 bits per heavy atom. The Morgan fingerprint density at radius 3 is 2.71 bits per heavy atom. The van der Waals surface area contributed by atoms with E-state index in [2.05, 4.69) is 25.7 Å². The molecule has 92 valence electrons. The van der Waals surface area contributed by atoms with Gasteiger partial charge < -0.3 is 4.74 Å². The van der Waals surface area contributed by atoms with Gasteiger partial charge in [0.1, 0.15) is 5.75 Å². The Labute approximate surface area is 109 Å². The van der Waals surface area contributed by atoms with Crippen LogP contribution in [0.25, 0.3) is 0 Å². The van der Waals surface area contributed by atoms with Crippen LogP contribution in [0.2, 0.25) is 0 Å². The lowest BCUT2D eigenvalue weighted by molar-refractivity contribution is 0.288. The molecular weight excluding hydrogens is 232 g/mol. The zero-order valence-electron chi connectivity index (χ0n) is 10.7. The minimum atomic E-state index is 0.367. The quantitative estimate of drug-likeness (QED) is 0.580. The van der Waals surface area contributed by atoms with Crippen molar-refractivity contribution in [1.82, 2.24) is 0 Å². The highest BCUT2D eigenvalue weighted by molar-refractivity contribution is 6.19. The third-order valence-electron chi connectivity index (χ3n) is 2.43. The summed E-state index contributed by atoms with van der Waals surface area (Å²) in [7, 11) is 0. The van der Waals surface area contributed by atoms with Gasteiger partial charge in [-0.15, -0.1) is 11.6 Å². The first kappa shape index (κ1) is 13.9. The second-order valence-corrected chi connectivity index (χ2v) is 4.71. The Kier molecular flexibility index (Phi) is 5.94. The van der Waals surface area contributed by atoms with Crippen LogP contribution in [0.15, 0.2) is 18.2 Å². The molecule has 0 saturated heterocycles. The van der Waals surface area contributed by atoms with Crippen molar-refractivity contribution in [3.63, 3.8) is 0 Å². The minimum absolute atomic E-state index is 0.367. The summed E-state index contributed by atoms with van der Waals surface area (Å²) in [5.74, 6) is 7.83. The molecule has 0 heterocycles. The summed E-state index contributed by atoms with van der Waals surface area (Å²) in [4.78, 5) is 0. The number of hydrogen-bond acceptors (Lipinski definition) is 1.